The van der Waals surface area contributed by atoms with Crippen molar-refractivity contribution < 1.29 is 19.0 Å². The van der Waals surface area contributed by atoms with Gasteiger partial charge < -0.3 is 19.1 Å². The zero-order valence-corrected chi connectivity index (χ0v) is 22.1. The summed E-state index contributed by atoms with van der Waals surface area (Å²) in [6.45, 7) is 7.84. The van der Waals surface area contributed by atoms with E-state index in [9.17, 15) is 4.79 Å². The van der Waals surface area contributed by atoms with E-state index in [0.29, 0.717) is 29.7 Å². The van der Waals surface area contributed by atoms with Crippen LogP contribution in [-0.4, -0.2) is 70.2 Å². The maximum atomic E-state index is 13.6. The first-order valence-corrected chi connectivity index (χ1v) is 12.9. The van der Waals surface area contributed by atoms with Crippen LogP contribution in [-0.2, 0) is 9.47 Å². The SMILES string of the molecule is Cc1cc(-c2nc3c(cc2Cl)N2CC[C@@H](C2)N3C(=O)Nc2cncc(OC[C@H]3COC(C)(C)O3)n2)ccn1. The number of anilines is 3. The molecule has 38 heavy (non-hydrogen) atoms. The van der Waals surface area contributed by atoms with E-state index >= 15 is 0 Å². The lowest BCUT2D eigenvalue weighted by Crippen LogP contribution is -2.48. The van der Waals surface area contributed by atoms with Crippen molar-refractivity contribution in [1.29, 1.82) is 0 Å². The standard InChI is InChI=1S/C26H28ClN7O4/c1-15-8-16(4-6-29-15)23-19(27)9-20-24(32-23)34(17-5-7-33(20)12-17)25(35)31-21-10-28-11-22(30-21)36-13-18-14-37-26(2,3)38-18/h4,6,8-11,17-18H,5,7,12-14H2,1-3H3,(H,30,31,35)/t17-,18-/m0/s1. The summed E-state index contributed by atoms with van der Waals surface area (Å²) >= 11 is 6.67. The molecule has 2 amide bonds. The number of hydrogen-bond acceptors (Lipinski definition) is 9. The molecule has 0 aliphatic carbocycles. The molecule has 6 rings (SSSR count). The number of ether oxygens (including phenoxy) is 3. The number of hydrogen-bond donors (Lipinski definition) is 1. The summed E-state index contributed by atoms with van der Waals surface area (Å²) in [5.41, 5.74) is 3.13. The van der Waals surface area contributed by atoms with Gasteiger partial charge in [-0.15, -0.1) is 0 Å². The molecule has 3 aromatic rings. The Bertz CT molecular complexity index is 1390. The smallest absolute Gasteiger partial charge is 0.329 e. The third kappa shape index (κ3) is 4.84. The number of amides is 2. The van der Waals surface area contributed by atoms with E-state index in [0.717, 1.165) is 29.9 Å². The topological polar surface area (TPSA) is 115 Å². The maximum absolute atomic E-state index is 13.6. The minimum absolute atomic E-state index is 0.0292. The number of pyridine rings is 2. The van der Waals surface area contributed by atoms with Crippen molar-refractivity contribution in [3.05, 3.63) is 47.5 Å². The summed E-state index contributed by atoms with van der Waals surface area (Å²) < 4.78 is 17.1. The Labute approximate surface area is 225 Å². The lowest BCUT2D eigenvalue weighted by Gasteiger charge is -2.36. The van der Waals surface area contributed by atoms with Gasteiger partial charge in [0.25, 0.3) is 0 Å². The van der Waals surface area contributed by atoms with E-state index in [1.54, 1.807) is 11.1 Å². The molecular formula is C26H28ClN7O4. The summed E-state index contributed by atoms with van der Waals surface area (Å²) in [4.78, 5) is 35.3. The molecule has 3 aliphatic heterocycles. The molecular weight excluding hydrogens is 510 g/mol. The van der Waals surface area contributed by atoms with Crippen molar-refractivity contribution in [2.24, 2.45) is 0 Å². The normalized spacial score (nSPS) is 21.4. The number of nitrogens with zero attached hydrogens (tertiary/aromatic N) is 6. The van der Waals surface area contributed by atoms with Gasteiger partial charge in [0.1, 0.15) is 12.7 Å². The highest BCUT2D eigenvalue weighted by atomic mass is 35.5. The van der Waals surface area contributed by atoms with Crippen LogP contribution in [0.4, 0.5) is 22.1 Å². The zero-order valence-electron chi connectivity index (χ0n) is 21.3. The van der Waals surface area contributed by atoms with Gasteiger partial charge >= 0.3 is 6.03 Å². The molecule has 3 aliphatic rings. The fraction of sp³-hybridized carbons (Fsp3) is 0.423. The molecule has 2 fully saturated rings. The molecule has 2 saturated heterocycles. The van der Waals surface area contributed by atoms with Crippen LogP contribution in [0.5, 0.6) is 5.88 Å². The van der Waals surface area contributed by atoms with Crippen LogP contribution < -0.4 is 19.9 Å². The van der Waals surface area contributed by atoms with Gasteiger partial charge in [-0.3, -0.25) is 20.2 Å². The third-order valence-corrected chi connectivity index (χ3v) is 7.04. The average molecular weight is 538 g/mol. The van der Waals surface area contributed by atoms with Gasteiger partial charge in [-0.05, 0) is 45.4 Å². The Kier molecular flexibility index (Phi) is 6.29. The van der Waals surface area contributed by atoms with Crippen LogP contribution in [0.2, 0.25) is 5.02 Å². The van der Waals surface area contributed by atoms with E-state index < -0.39 is 5.79 Å². The number of aryl methyl sites for hydroxylation is 1. The predicted molar refractivity (Wildman–Crippen MR) is 142 cm³/mol. The lowest BCUT2D eigenvalue weighted by molar-refractivity contribution is -0.141. The van der Waals surface area contributed by atoms with Gasteiger partial charge in [-0.25, -0.2) is 9.78 Å². The number of fused-ring (bicyclic) bond motifs is 4. The maximum Gasteiger partial charge on any atom is 0.329 e. The van der Waals surface area contributed by atoms with Gasteiger partial charge in [0.05, 0.1) is 41.4 Å². The second-order valence-corrected chi connectivity index (χ2v) is 10.4. The van der Waals surface area contributed by atoms with Crippen LogP contribution in [0.1, 0.15) is 26.0 Å². The predicted octanol–water partition coefficient (Wildman–Crippen LogP) is 4.06. The second-order valence-electron chi connectivity index (χ2n) is 10.0. The molecule has 2 atom stereocenters. The number of urea groups is 1. The second kappa shape index (κ2) is 9.64. The van der Waals surface area contributed by atoms with Crippen molar-refractivity contribution >= 4 is 35.0 Å². The van der Waals surface area contributed by atoms with Crippen LogP contribution >= 0.6 is 11.6 Å². The highest BCUT2D eigenvalue weighted by molar-refractivity contribution is 6.33. The van der Waals surface area contributed by atoms with E-state index in [1.807, 2.05) is 39.0 Å². The first-order valence-electron chi connectivity index (χ1n) is 12.5. The molecule has 0 aromatic carbocycles. The molecule has 2 bridgehead atoms. The minimum Gasteiger partial charge on any atom is -0.474 e. The van der Waals surface area contributed by atoms with Crippen LogP contribution in [0.15, 0.2) is 36.8 Å². The van der Waals surface area contributed by atoms with Crippen molar-refractivity contribution in [2.75, 3.05) is 41.4 Å². The van der Waals surface area contributed by atoms with Crippen molar-refractivity contribution in [3.63, 3.8) is 0 Å². The molecule has 0 radical (unpaired) electrons. The van der Waals surface area contributed by atoms with Gasteiger partial charge in [0, 0.05) is 30.5 Å². The van der Waals surface area contributed by atoms with E-state index in [2.05, 4.69) is 25.2 Å². The lowest BCUT2D eigenvalue weighted by atomic mass is 10.1. The van der Waals surface area contributed by atoms with Crippen LogP contribution in [0.25, 0.3) is 11.3 Å². The van der Waals surface area contributed by atoms with Crippen molar-refractivity contribution in [2.45, 2.75) is 45.1 Å². The molecule has 3 aromatic heterocycles. The van der Waals surface area contributed by atoms with E-state index in [-0.39, 0.29) is 36.5 Å². The minimum atomic E-state index is -0.634. The summed E-state index contributed by atoms with van der Waals surface area (Å²) in [7, 11) is 0. The highest BCUT2D eigenvalue weighted by Gasteiger charge is 2.41. The Balaban J connectivity index is 1.23. The summed E-state index contributed by atoms with van der Waals surface area (Å²) in [5.74, 6) is 0.482. The van der Waals surface area contributed by atoms with Crippen molar-refractivity contribution in [1.82, 2.24) is 19.9 Å². The molecule has 0 unspecified atom stereocenters. The number of rotatable bonds is 5. The highest BCUT2D eigenvalue weighted by Crippen LogP contribution is 2.43. The quantitative estimate of drug-likeness (QED) is 0.514. The van der Waals surface area contributed by atoms with Crippen LogP contribution in [0, 0.1) is 6.92 Å². The van der Waals surface area contributed by atoms with Gasteiger partial charge in [-0.2, -0.15) is 4.98 Å². The van der Waals surface area contributed by atoms with Gasteiger partial charge in [0.2, 0.25) is 5.88 Å². The number of carbonyl (C=O) groups is 1. The summed E-state index contributed by atoms with van der Waals surface area (Å²) in [6, 6.07) is 5.30. The molecule has 0 saturated carbocycles. The van der Waals surface area contributed by atoms with E-state index in [4.69, 9.17) is 30.8 Å². The zero-order chi connectivity index (χ0) is 26.4. The summed E-state index contributed by atoms with van der Waals surface area (Å²) in [5, 5.41) is 3.40. The van der Waals surface area contributed by atoms with E-state index in [1.165, 1.54) is 12.4 Å². The molecule has 12 heteroatoms. The van der Waals surface area contributed by atoms with Gasteiger partial charge in [0.15, 0.2) is 17.4 Å². The Morgan fingerprint density at radius 3 is 2.95 bits per heavy atom. The fourth-order valence-electron chi connectivity index (χ4n) is 5.05. The fourth-order valence-corrected chi connectivity index (χ4v) is 5.31. The number of aromatic nitrogens is 4. The molecule has 198 valence electrons. The molecule has 1 N–H and O–H groups in total. The number of halogens is 1. The first-order chi connectivity index (χ1) is 18.3. The number of carbonyl (C=O) groups excluding carboxylic acids is 1. The third-order valence-electron chi connectivity index (χ3n) is 6.75. The molecule has 0 spiro atoms. The van der Waals surface area contributed by atoms with Crippen LogP contribution in [0.3, 0.4) is 0 Å². The summed E-state index contributed by atoms with van der Waals surface area (Å²) in [6.07, 6.45) is 5.31. The molecule has 11 nitrogen and oxygen atoms in total. The Morgan fingerprint density at radius 1 is 1.29 bits per heavy atom. The largest absolute Gasteiger partial charge is 0.474 e. The Morgan fingerprint density at radius 2 is 2.16 bits per heavy atom. The van der Waals surface area contributed by atoms with Gasteiger partial charge in [-0.1, -0.05) is 11.6 Å². The average Bonchev–Trinajstić information content (AvgIpc) is 3.46. The number of nitrogens with one attached hydrogen (secondary N) is 1. The molecule has 6 heterocycles. The monoisotopic (exact) mass is 537 g/mol. The first kappa shape index (κ1) is 24.8. The Hall–Kier alpha value is -3.54. The van der Waals surface area contributed by atoms with Crippen molar-refractivity contribution in [3.8, 4) is 17.1 Å².